The van der Waals surface area contributed by atoms with Gasteiger partial charge in [-0.3, -0.25) is 4.79 Å². The number of benzene rings is 1. The SMILES string of the molecule is CC/C(C=O)=C/c1ccc(O)c(Cl)c1. The van der Waals surface area contributed by atoms with Crippen LogP contribution < -0.4 is 0 Å². The van der Waals surface area contributed by atoms with Crippen LogP contribution in [0, 0.1) is 0 Å². The van der Waals surface area contributed by atoms with Crippen molar-refractivity contribution in [2.24, 2.45) is 0 Å². The van der Waals surface area contributed by atoms with E-state index in [-0.39, 0.29) is 5.75 Å². The topological polar surface area (TPSA) is 37.3 Å². The molecule has 0 aromatic heterocycles. The van der Waals surface area contributed by atoms with Crippen molar-refractivity contribution in [3.05, 3.63) is 34.4 Å². The van der Waals surface area contributed by atoms with Crippen molar-refractivity contribution in [1.82, 2.24) is 0 Å². The Bertz CT molecular complexity index is 370. The first kappa shape index (κ1) is 10.8. The summed E-state index contributed by atoms with van der Waals surface area (Å²) in [6, 6.07) is 4.84. The quantitative estimate of drug-likeness (QED) is 0.615. The van der Waals surface area contributed by atoms with Gasteiger partial charge in [0.05, 0.1) is 5.02 Å². The number of allylic oxidation sites excluding steroid dienone is 1. The smallest absolute Gasteiger partial charge is 0.146 e. The number of carbonyl (C=O) groups is 1. The molecule has 0 aliphatic carbocycles. The summed E-state index contributed by atoms with van der Waals surface area (Å²) in [5.74, 6) is 0.0490. The molecule has 1 aromatic rings. The van der Waals surface area contributed by atoms with E-state index >= 15 is 0 Å². The fourth-order valence-electron chi connectivity index (χ4n) is 1.05. The van der Waals surface area contributed by atoms with Crippen molar-refractivity contribution in [3.8, 4) is 5.75 Å². The molecule has 14 heavy (non-hydrogen) atoms. The number of hydrogen-bond acceptors (Lipinski definition) is 2. The number of carbonyl (C=O) groups excluding carboxylic acids is 1. The molecule has 0 saturated heterocycles. The summed E-state index contributed by atoms with van der Waals surface area (Å²) in [5, 5.41) is 9.46. The summed E-state index contributed by atoms with van der Waals surface area (Å²) < 4.78 is 0. The molecule has 0 atom stereocenters. The maximum atomic E-state index is 10.5. The van der Waals surface area contributed by atoms with Gasteiger partial charge in [0.25, 0.3) is 0 Å². The number of halogens is 1. The predicted molar refractivity (Wildman–Crippen MR) is 57.4 cm³/mol. The number of aldehydes is 1. The van der Waals surface area contributed by atoms with E-state index in [2.05, 4.69) is 0 Å². The molecule has 1 rings (SSSR count). The van der Waals surface area contributed by atoms with Gasteiger partial charge in [0.2, 0.25) is 0 Å². The first-order valence-electron chi connectivity index (χ1n) is 4.31. The average molecular weight is 211 g/mol. The van der Waals surface area contributed by atoms with E-state index in [9.17, 15) is 9.90 Å². The zero-order chi connectivity index (χ0) is 10.6. The standard InChI is InChI=1S/C11H11ClO2/c1-2-8(7-13)5-9-3-4-11(14)10(12)6-9/h3-7,14H,2H2,1H3/b8-5-. The Morgan fingerprint density at radius 1 is 1.57 bits per heavy atom. The lowest BCUT2D eigenvalue weighted by atomic mass is 10.1. The first-order valence-corrected chi connectivity index (χ1v) is 4.69. The molecule has 0 spiro atoms. The third-order valence-corrected chi connectivity index (χ3v) is 2.19. The van der Waals surface area contributed by atoms with Crippen LogP contribution in [0.3, 0.4) is 0 Å². The molecular formula is C11H11ClO2. The number of hydrogen-bond donors (Lipinski definition) is 1. The van der Waals surface area contributed by atoms with Crippen LogP contribution in [0.1, 0.15) is 18.9 Å². The monoisotopic (exact) mass is 210 g/mol. The second-order valence-electron chi connectivity index (χ2n) is 2.90. The summed E-state index contributed by atoms with van der Waals surface area (Å²) >= 11 is 5.72. The molecule has 0 aliphatic rings. The zero-order valence-electron chi connectivity index (χ0n) is 7.83. The summed E-state index contributed by atoms with van der Waals surface area (Å²) in [7, 11) is 0. The molecule has 0 fully saturated rings. The Morgan fingerprint density at radius 2 is 2.29 bits per heavy atom. The van der Waals surface area contributed by atoms with Crippen LogP contribution in [-0.4, -0.2) is 11.4 Å². The van der Waals surface area contributed by atoms with Crippen molar-refractivity contribution in [3.63, 3.8) is 0 Å². The molecule has 0 aliphatic heterocycles. The van der Waals surface area contributed by atoms with E-state index in [0.717, 1.165) is 11.8 Å². The largest absolute Gasteiger partial charge is 0.506 e. The Labute approximate surface area is 87.8 Å². The van der Waals surface area contributed by atoms with Crippen LogP contribution >= 0.6 is 11.6 Å². The van der Waals surface area contributed by atoms with E-state index in [1.54, 1.807) is 18.2 Å². The lowest BCUT2D eigenvalue weighted by Gasteiger charge is -1.99. The second-order valence-corrected chi connectivity index (χ2v) is 3.31. The Morgan fingerprint density at radius 3 is 2.79 bits per heavy atom. The molecule has 0 bridgehead atoms. The average Bonchev–Trinajstić information content (AvgIpc) is 2.19. The highest BCUT2D eigenvalue weighted by molar-refractivity contribution is 6.32. The molecule has 1 aromatic carbocycles. The molecule has 74 valence electrons. The summed E-state index contributed by atoms with van der Waals surface area (Å²) in [4.78, 5) is 10.5. The minimum absolute atomic E-state index is 0.0490. The van der Waals surface area contributed by atoms with Crippen LogP contribution in [0.5, 0.6) is 5.75 Å². The van der Waals surface area contributed by atoms with Gasteiger partial charge in [-0.1, -0.05) is 24.6 Å². The number of phenols is 1. The van der Waals surface area contributed by atoms with Crippen LogP contribution in [-0.2, 0) is 4.79 Å². The van der Waals surface area contributed by atoms with E-state index < -0.39 is 0 Å². The van der Waals surface area contributed by atoms with Gasteiger partial charge in [0, 0.05) is 0 Å². The highest BCUT2D eigenvalue weighted by Gasteiger charge is 1.98. The van der Waals surface area contributed by atoms with Crippen LogP contribution in [0.15, 0.2) is 23.8 Å². The van der Waals surface area contributed by atoms with Crippen molar-refractivity contribution in [1.29, 1.82) is 0 Å². The number of aromatic hydroxyl groups is 1. The van der Waals surface area contributed by atoms with Crippen LogP contribution in [0.4, 0.5) is 0 Å². The molecule has 0 amide bonds. The van der Waals surface area contributed by atoms with E-state index in [1.165, 1.54) is 6.07 Å². The predicted octanol–water partition coefficient (Wildman–Crippen LogP) is 3.04. The molecule has 3 heteroatoms. The van der Waals surface area contributed by atoms with E-state index in [0.29, 0.717) is 17.0 Å². The highest BCUT2D eigenvalue weighted by Crippen LogP contribution is 2.24. The van der Waals surface area contributed by atoms with Crippen molar-refractivity contribution >= 4 is 24.0 Å². The summed E-state index contributed by atoms with van der Waals surface area (Å²) in [6.45, 7) is 1.91. The normalized spacial score (nSPS) is 11.4. The molecule has 0 saturated carbocycles. The molecule has 0 unspecified atom stereocenters. The van der Waals surface area contributed by atoms with Crippen LogP contribution in [0.2, 0.25) is 5.02 Å². The third kappa shape index (κ3) is 2.60. The van der Waals surface area contributed by atoms with Gasteiger partial charge in [-0.05, 0) is 35.8 Å². The minimum Gasteiger partial charge on any atom is -0.506 e. The van der Waals surface area contributed by atoms with Gasteiger partial charge in [0.1, 0.15) is 12.0 Å². The Kier molecular flexibility index (Phi) is 3.72. The van der Waals surface area contributed by atoms with E-state index in [1.807, 2.05) is 6.92 Å². The van der Waals surface area contributed by atoms with Gasteiger partial charge in [-0.25, -0.2) is 0 Å². The zero-order valence-corrected chi connectivity index (χ0v) is 8.58. The maximum absolute atomic E-state index is 10.5. The van der Waals surface area contributed by atoms with Gasteiger partial charge in [-0.2, -0.15) is 0 Å². The third-order valence-electron chi connectivity index (χ3n) is 1.88. The maximum Gasteiger partial charge on any atom is 0.146 e. The van der Waals surface area contributed by atoms with Gasteiger partial charge >= 0.3 is 0 Å². The fourth-order valence-corrected chi connectivity index (χ4v) is 1.24. The number of phenolic OH excluding ortho intramolecular Hbond substituents is 1. The molecule has 2 nitrogen and oxygen atoms in total. The molecule has 0 radical (unpaired) electrons. The second kappa shape index (κ2) is 4.82. The molecular weight excluding hydrogens is 200 g/mol. The lowest BCUT2D eigenvalue weighted by molar-refractivity contribution is -0.104. The Balaban J connectivity index is 3.03. The van der Waals surface area contributed by atoms with Gasteiger partial charge < -0.3 is 5.11 Å². The lowest BCUT2D eigenvalue weighted by Crippen LogP contribution is -1.82. The van der Waals surface area contributed by atoms with Crippen molar-refractivity contribution in [2.75, 3.05) is 0 Å². The number of rotatable bonds is 3. The Hall–Kier alpha value is -1.28. The van der Waals surface area contributed by atoms with Gasteiger partial charge in [0.15, 0.2) is 0 Å². The summed E-state index contributed by atoms with van der Waals surface area (Å²) in [5.41, 5.74) is 1.52. The molecule has 0 heterocycles. The minimum atomic E-state index is 0.0490. The first-order chi connectivity index (χ1) is 6.67. The molecule has 1 N–H and O–H groups in total. The van der Waals surface area contributed by atoms with Crippen molar-refractivity contribution in [2.45, 2.75) is 13.3 Å². The summed E-state index contributed by atoms with van der Waals surface area (Å²) in [6.07, 6.45) is 3.25. The van der Waals surface area contributed by atoms with E-state index in [4.69, 9.17) is 11.6 Å². The van der Waals surface area contributed by atoms with Crippen molar-refractivity contribution < 1.29 is 9.90 Å². The fraction of sp³-hybridized carbons (Fsp3) is 0.182. The highest BCUT2D eigenvalue weighted by atomic mass is 35.5. The van der Waals surface area contributed by atoms with Gasteiger partial charge in [-0.15, -0.1) is 0 Å². The van der Waals surface area contributed by atoms with Crippen LogP contribution in [0.25, 0.3) is 6.08 Å².